The van der Waals surface area contributed by atoms with Crippen molar-refractivity contribution in [3.8, 4) is 6.07 Å². The predicted molar refractivity (Wildman–Crippen MR) is 47.1 cm³/mol. The van der Waals surface area contributed by atoms with Crippen LogP contribution < -0.4 is 0 Å². The van der Waals surface area contributed by atoms with Crippen LogP contribution in [0.3, 0.4) is 0 Å². The lowest BCUT2D eigenvalue weighted by atomic mass is 10.3. The van der Waals surface area contributed by atoms with E-state index in [4.69, 9.17) is 5.26 Å². The molecule has 0 saturated heterocycles. The van der Waals surface area contributed by atoms with Gasteiger partial charge in [0.25, 0.3) is 5.91 Å². The van der Waals surface area contributed by atoms with E-state index < -0.39 is 6.04 Å². The van der Waals surface area contributed by atoms with Gasteiger partial charge in [-0.1, -0.05) is 4.49 Å². The molecule has 0 radical (unpaired) electrons. The molecule has 0 N–H and O–H groups in total. The van der Waals surface area contributed by atoms with Crippen molar-refractivity contribution in [3.05, 3.63) is 11.1 Å². The summed E-state index contributed by atoms with van der Waals surface area (Å²) in [5.74, 6) is -0.275. The lowest BCUT2D eigenvalue weighted by Gasteiger charge is -2.17. The first-order valence-corrected chi connectivity index (χ1v) is 4.44. The Bertz CT molecular complexity index is 329. The molecule has 0 fully saturated rings. The molecule has 1 heterocycles. The Morgan fingerprint density at radius 3 is 3.00 bits per heavy atom. The third kappa shape index (κ3) is 2.00. The van der Waals surface area contributed by atoms with Crippen molar-refractivity contribution in [1.29, 1.82) is 5.26 Å². The first-order chi connectivity index (χ1) is 6.16. The summed E-state index contributed by atoms with van der Waals surface area (Å²) in [6.45, 7) is 1.65. The number of carbonyl (C=O) groups excluding carboxylic acids is 1. The van der Waals surface area contributed by atoms with E-state index in [1.807, 2.05) is 6.07 Å². The monoisotopic (exact) mass is 196 g/mol. The van der Waals surface area contributed by atoms with Crippen LogP contribution in [-0.4, -0.2) is 33.5 Å². The third-order valence-corrected chi connectivity index (χ3v) is 2.17. The van der Waals surface area contributed by atoms with Gasteiger partial charge in [-0.05, 0) is 18.5 Å². The molecule has 0 saturated carbocycles. The van der Waals surface area contributed by atoms with Gasteiger partial charge in [0.2, 0.25) is 0 Å². The van der Waals surface area contributed by atoms with Crippen molar-refractivity contribution in [2.24, 2.45) is 0 Å². The van der Waals surface area contributed by atoms with Crippen LogP contribution in [0, 0.1) is 11.3 Å². The van der Waals surface area contributed by atoms with E-state index >= 15 is 0 Å². The van der Waals surface area contributed by atoms with E-state index in [0.717, 1.165) is 11.5 Å². The normalized spacial score (nSPS) is 11.8. The van der Waals surface area contributed by atoms with E-state index in [9.17, 15) is 4.79 Å². The Labute approximate surface area is 79.8 Å². The zero-order valence-electron chi connectivity index (χ0n) is 7.26. The summed E-state index contributed by atoms with van der Waals surface area (Å²) in [5, 5.41) is 13.8. The van der Waals surface area contributed by atoms with Gasteiger partial charge in [0.1, 0.15) is 6.04 Å². The fourth-order valence-corrected chi connectivity index (χ4v) is 1.13. The average Bonchev–Trinajstić information content (AvgIpc) is 2.67. The van der Waals surface area contributed by atoms with Gasteiger partial charge in [-0.2, -0.15) is 5.26 Å². The summed E-state index contributed by atoms with van der Waals surface area (Å²) in [6.07, 6.45) is 0. The Morgan fingerprint density at radius 2 is 2.54 bits per heavy atom. The maximum atomic E-state index is 11.5. The maximum Gasteiger partial charge on any atom is 0.276 e. The quantitative estimate of drug-likeness (QED) is 0.691. The topological polar surface area (TPSA) is 69.9 Å². The molecule has 68 valence electrons. The van der Waals surface area contributed by atoms with Crippen molar-refractivity contribution < 1.29 is 4.79 Å². The van der Waals surface area contributed by atoms with Crippen LogP contribution in [0.4, 0.5) is 0 Å². The summed E-state index contributed by atoms with van der Waals surface area (Å²) in [5.41, 5.74) is 0.287. The Morgan fingerprint density at radius 1 is 1.85 bits per heavy atom. The highest BCUT2D eigenvalue weighted by Crippen LogP contribution is 2.04. The molecule has 1 aromatic heterocycles. The molecule has 1 aromatic rings. The van der Waals surface area contributed by atoms with Gasteiger partial charge < -0.3 is 4.90 Å². The second-order valence-electron chi connectivity index (χ2n) is 2.51. The zero-order valence-corrected chi connectivity index (χ0v) is 8.08. The van der Waals surface area contributed by atoms with E-state index in [-0.39, 0.29) is 11.6 Å². The second-order valence-corrected chi connectivity index (χ2v) is 3.12. The van der Waals surface area contributed by atoms with E-state index in [1.54, 1.807) is 19.4 Å². The molecule has 1 rings (SSSR count). The van der Waals surface area contributed by atoms with Crippen molar-refractivity contribution in [3.63, 3.8) is 0 Å². The molecule has 1 atom stereocenters. The Balaban J connectivity index is 2.75. The Hall–Kier alpha value is -1.48. The van der Waals surface area contributed by atoms with Crippen molar-refractivity contribution in [1.82, 2.24) is 14.5 Å². The van der Waals surface area contributed by atoms with Crippen molar-refractivity contribution in [2.75, 3.05) is 7.05 Å². The SMILES string of the molecule is CC(C#N)N(C)C(=O)c1csnn1. The van der Waals surface area contributed by atoms with Crippen LogP contribution in [0.5, 0.6) is 0 Å². The highest BCUT2D eigenvalue weighted by atomic mass is 32.1. The first-order valence-electron chi connectivity index (χ1n) is 3.60. The smallest absolute Gasteiger partial charge is 0.276 e. The molecule has 0 aliphatic heterocycles. The van der Waals surface area contributed by atoms with Gasteiger partial charge in [0.15, 0.2) is 5.69 Å². The molecule has 6 heteroatoms. The van der Waals surface area contributed by atoms with E-state index in [1.165, 1.54) is 4.90 Å². The highest BCUT2D eigenvalue weighted by molar-refractivity contribution is 7.03. The number of hydrogen-bond acceptors (Lipinski definition) is 5. The minimum absolute atomic E-state index is 0.275. The molecule has 0 spiro atoms. The molecule has 1 unspecified atom stereocenters. The third-order valence-electron chi connectivity index (χ3n) is 1.67. The molecule has 5 nitrogen and oxygen atoms in total. The summed E-state index contributed by atoms with van der Waals surface area (Å²) in [6, 6.07) is 1.52. The van der Waals surface area contributed by atoms with Gasteiger partial charge in [-0.3, -0.25) is 4.79 Å². The molecule has 13 heavy (non-hydrogen) atoms. The molecule has 0 aliphatic rings. The number of aromatic nitrogens is 2. The van der Waals surface area contributed by atoms with Crippen LogP contribution in [0.2, 0.25) is 0 Å². The van der Waals surface area contributed by atoms with Crippen LogP contribution >= 0.6 is 11.5 Å². The number of nitrogens with zero attached hydrogens (tertiary/aromatic N) is 4. The second kappa shape index (κ2) is 3.96. The largest absolute Gasteiger partial charge is 0.325 e. The van der Waals surface area contributed by atoms with Crippen LogP contribution in [0.25, 0.3) is 0 Å². The minimum atomic E-state index is -0.450. The lowest BCUT2D eigenvalue weighted by molar-refractivity contribution is 0.0767. The van der Waals surface area contributed by atoms with Gasteiger partial charge in [-0.25, -0.2) is 0 Å². The zero-order chi connectivity index (χ0) is 9.84. The Kier molecular flexibility index (Phi) is 2.93. The molecular formula is C7H8N4OS. The summed E-state index contributed by atoms with van der Waals surface area (Å²) in [7, 11) is 1.57. The van der Waals surface area contributed by atoms with Gasteiger partial charge in [0, 0.05) is 12.4 Å². The molecule has 0 aromatic carbocycles. The summed E-state index contributed by atoms with van der Waals surface area (Å²) < 4.78 is 3.57. The lowest BCUT2D eigenvalue weighted by Crippen LogP contribution is -2.34. The fourth-order valence-electron chi connectivity index (χ4n) is 0.701. The fraction of sp³-hybridized carbons (Fsp3) is 0.429. The molecule has 1 amide bonds. The minimum Gasteiger partial charge on any atom is -0.325 e. The number of carbonyl (C=O) groups is 1. The highest BCUT2D eigenvalue weighted by Gasteiger charge is 2.18. The van der Waals surface area contributed by atoms with Crippen LogP contribution in [0.15, 0.2) is 5.38 Å². The first kappa shape index (κ1) is 9.61. The molecule has 0 aliphatic carbocycles. The summed E-state index contributed by atoms with van der Waals surface area (Å²) >= 11 is 1.11. The van der Waals surface area contributed by atoms with Crippen LogP contribution in [-0.2, 0) is 0 Å². The van der Waals surface area contributed by atoms with Crippen molar-refractivity contribution in [2.45, 2.75) is 13.0 Å². The van der Waals surface area contributed by atoms with Gasteiger partial charge >= 0.3 is 0 Å². The molecular weight excluding hydrogens is 188 g/mol. The van der Waals surface area contributed by atoms with Gasteiger partial charge in [-0.15, -0.1) is 5.10 Å². The standard InChI is InChI=1S/C7H8N4OS/c1-5(3-8)11(2)7(12)6-4-13-10-9-6/h4-5H,1-2H3. The summed E-state index contributed by atoms with van der Waals surface area (Å²) in [4.78, 5) is 12.8. The van der Waals surface area contributed by atoms with E-state index in [0.29, 0.717) is 0 Å². The van der Waals surface area contributed by atoms with E-state index in [2.05, 4.69) is 9.59 Å². The number of hydrogen-bond donors (Lipinski definition) is 0. The molecule has 0 bridgehead atoms. The number of rotatable bonds is 2. The van der Waals surface area contributed by atoms with Crippen molar-refractivity contribution >= 4 is 17.4 Å². The van der Waals surface area contributed by atoms with Crippen LogP contribution in [0.1, 0.15) is 17.4 Å². The number of amides is 1. The number of nitriles is 1. The van der Waals surface area contributed by atoms with Gasteiger partial charge in [0.05, 0.1) is 6.07 Å². The maximum absolute atomic E-state index is 11.5. The predicted octanol–water partition coefficient (Wildman–Crippen LogP) is 0.522. The average molecular weight is 196 g/mol.